The Labute approximate surface area is 275 Å². The van der Waals surface area contributed by atoms with E-state index in [4.69, 9.17) is 4.74 Å². The van der Waals surface area contributed by atoms with Gasteiger partial charge in [-0.25, -0.2) is 9.48 Å². The summed E-state index contributed by atoms with van der Waals surface area (Å²) in [5.41, 5.74) is -2.04. The maximum absolute atomic E-state index is 13.4. The number of methoxy groups -OCH3 is 1. The number of fused-ring (bicyclic) bond motifs is 1. The van der Waals surface area contributed by atoms with Crippen LogP contribution in [0.3, 0.4) is 0 Å². The molecule has 3 N–H and O–H groups in total. The molecule has 0 saturated carbocycles. The number of carbonyl (C=O) groups is 6. The van der Waals surface area contributed by atoms with Crippen LogP contribution in [0, 0.1) is 0 Å². The summed E-state index contributed by atoms with van der Waals surface area (Å²) < 4.78 is 6.81. The van der Waals surface area contributed by atoms with Crippen LogP contribution in [-0.2, 0) is 35.8 Å². The molecule has 4 atom stereocenters. The molecule has 21 heteroatoms. The molecule has 0 radical (unpaired) electrons. The van der Waals surface area contributed by atoms with Crippen molar-refractivity contribution in [1.82, 2.24) is 45.5 Å². The van der Waals surface area contributed by atoms with Crippen molar-refractivity contribution in [3.05, 3.63) is 11.3 Å². The molecular formula is C22H28N9NaO9S2. The summed E-state index contributed by atoms with van der Waals surface area (Å²) in [6, 6.07) is -2.76. The Morgan fingerprint density at radius 1 is 1.26 bits per heavy atom. The van der Waals surface area contributed by atoms with E-state index in [0.717, 1.165) is 35.5 Å². The third-order valence-corrected chi connectivity index (χ3v) is 9.34. The first-order valence-corrected chi connectivity index (χ1v) is 14.6. The molecule has 0 spiro atoms. The van der Waals surface area contributed by atoms with Crippen LogP contribution in [0.15, 0.2) is 16.4 Å². The maximum Gasteiger partial charge on any atom is 1.00 e. The van der Waals surface area contributed by atoms with E-state index in [1.165, 1.54) is 16.5 Å². The summed E-state index contributed by atoms with van der Waals surface area (Å²) in [4.78, 5) is 79.0. The van der Waals surface area contributed by atoms with E-state index in [0.29, 0.717) is 15.6 Å². The molecule has 2 saturated heterocycles. The van der Waals surface area contributed by atoms with Crippen LogP contribution in [0.4, 0.5) is 4.79 Å². The number of thioether (sulfide) groups is 2. The topological polar surface area (TPSA) is 232 Å². The van der Waals surface area contributed by atoms with Crippen LogP contribution in [0.2, 0.25) is 0 Å². The first-order valence-electron chi connectivity index (χ1n) is 12.6. The Kier molecular flexibility index (Phi) is 11.2. The number of aliphatic hydroxyl groups excluding tert-OH is 1. The average Bonchev–Trinajstić information content (AvgIpc) is 3.37. The number of tetrazole rings is 1. The molecule has 0 bridgehead atoms. The molecule has 0 aliphatic carbocycles. The number of ether oxygens (including phenoxy) is 1. The number of likely N-dealkylation sites (N-methyl/N-ethyl adjacent to an activating group) is 1. The number of piperazine rings is 1. The number of rotatable bonds is 10. The Morgan fingerprint density at radius 3 is 2.51 bits per heavy atom. The van der Waals surface area contributed by atoms with E-state index in [9.17, 15) is 39.0 Å². The number of nitrogens with zero attached hydrogens (tertiary/aromatic N) is 7. The Morgan fingerprint density at radius 2 is 1.95 bits per heavy atom. The third-order valence-electron chi connectivity index (χ3n) is 6.87. The number of carboxylic acids is 1. The van der Waals surface area contributed by atoms with Gasteiger partial charge in [0.15, 0.2) is 0 Å². The standard InChI is InChI=1S/C22H29N9O9S2.Na/c1-5-29-6-7-30(16(35)15(29)34)20(39)23-12(10(2)32)14(33)24-22(40-4)18(38)31-13(17(36)37)11(8-41-19(22)31)9-42-21-25-26-27-28(21)3;/h10,12,19,32H,5-9H2,1-4H3,(H,23,39)(H,24,33)(H,36,37);/q;+1/p-1. The van der Waals surface area contributed by atoms with Crippen LogP contribution >= 0.6 is 23.5 Å². The first kappa shape index (κ1) is 34.7. The predicted octanol–water partition coefficient (Wildman–Crippen LogP) is -7.17. The fourth-order valence-corrected chi connectivity index (χ4v) is 7.01. The van der Waals surface area contributed by atoms with Crippen molar-refractivity contribution in [3.63, 3.8) is 0 Å². The molecule has 3 aliphatic rings. The van der Waals surface area contributed by atoms with Crippen LogP contribution < -0.4 is 45.3 Å². The van der Waals surface area contributed by atoms with Crippen LogP contribution in [0.5, 0.6) is 0 Å². The number of carbonyl (C=O) groups excluding carboxylic acids is 6. The number of aryl methyl sites for hydroxylation is 1. The number of hydrogen-bond acceptors (Lipinski definition) is 14. The van der Waals surface area contributed by atoms with Crippen molar-refractivity contribution in [2.75, 3.05) is 38.2 Å². The van der Waals surface area contributed by atoms with E-state index >= 15 is 0 Å². The van der Waals surface area contributed by atoms with E-state index < -0.39 is 58.9 Å². The van der Waals surface area contributed by atoms with Gasteiger partial charge in [0.2, 0.25) is 11.1 Å². The molecule has 0 aromatic carbocycles. The zero-order valence-electron chi connectivity index (χ0n) is 23.9. The SMILES string of the molecule is CCN1CCN(C(=O)NC(C(=O)NC2(OC)C(=O)N3C(C(=O)[O-])=C(CSc4nnnn4C)CSC32)C(C)O)C(=O)C1=O.[Na+]. The molecule has 3 aliphatic heterocycles. The number of aliphatic carboxylic acids is 1. The van der Waals surface area contributed by atoms with Crippen LogP contribution in [-0.4, -0.2) is 137 Å². The van der Waals surface area contributed by atoms with Gasteiger partial charge in [-0.1, -0.05) is 11.8 Å². The first-order chi connectivity index (χ1) is 19.9. The van der Waals surface area contributed by atoms with Crippen LogP contribution in [0.25, 0.3) is 0 Å². The van der Waals surface area contributed by atoms with Gasteiger partial charge in [-0.05, 0) is 29.8 Å². The van der Waals surface area contributed by atoms with Gasteiger partial charge < -0.3 is 35.3 Å². The van der Waals surface area contributed by atoms with Gasteiger partial charge in [-0.3, -0.25) is 29.0 Å². The molecule has 228 valence electrons. The largest absolute Gasteiger partial charge is 1.00 e. The van der Waals surface area contributed by atoms with Gasteiger partial charge in [0.1, 0.15) is 11.4 Å². The monoisotopic (exact) mass is 649 g/mol. The minimum absolute atomic E-state index is 0. The number of amides is 6. The number of urea groups is 1. The minimum atomic E-state index is -2.04. The normalized spacial score (nSPS) is 23.2. The number of aliphatic hydroxyl groups is 1. The van der Waals surface area contributed by atoms with Crippen LogP contribution in [0.1, 0.15) is 13.8 Å². The third kappa shape index (κ3) is 6.40. The summed E-state index contributed by atoms with van der Waals surface area (Å²) in [7, 11) is 2.75. The average molecular weight is 650 g/mol. The zero-order chi connectivity index (χ0) is 30.9. The second kappa shape index (κ2) is 13.9. The molecule has 1 aromatic heterocycles. The molecule has 2 fully saturated rings. The van der Waals surface area contributed by atoms with E-state index in [1.807, 2.05) is 0 Å². The molecule has 4 unspecified atom stereocenters. The van der Waals surface area contributed by atoms with E-state index in [-0.39, 0.29) is 66.4 Å². The molecule has 4 rings (SSSR count). The second-order valence-corrected chi connectivity index (χ2v) is 11.4. The van der Waals surface area contributed by atoms with Crippen molar-refractivity contribution in [1.29, 1.82) is 0 Å². The molecular weight excluding hydrogens is 621 g/mol. The molecule has 6 amide bonds. The van der Waals surface area contributed by atoms with E-state index in [1.54, 1.807) is 14.0 Å². The number of nitrogens with one attached hydrogen (secondary N) is 2. The van der Waals surface area contributed by atoms with Crippen molar-refractivity contribution in [2.45, 2.75) is 42.2 Å². The molecule has 1 aromatic rings. The number of imide groups is 1. The smallest absolute Gasteiger partial charge is 0.543 e. The van der Waals surface area contributed by atoms with Crippen molar-refractivity contribution >= 4 is 59.2 Å². The number of carboxylic acid groups (broad SMARTS) is 1. The van der Waals surface area contributed by atoms with Gasteiger partial charge in [0, 0.05) is 45.3 Å². The zero-order valence-corrected chi connectivity index (χ0v) is 27.6. The van der Waals surface area contributed by atoms with Crippen molar-refractivity contribution in [3.8, 4) is 0 Å². The quantitative estimate of drug-likeness (QED) is 0.0703. The van der Waals surface area contributed by atoms with Crippen molar-refractivity contribution in [2.24, 2.45) is 7.05 Å². The van der Waals surface area contributed by atoms with Gasteiger partial charge in [-0.2, -0.15) is 0 Å². The number of aromatic nitrogens is 4. The fourth-order valence-electron chi connectivity index (χ4n) is 4.58. The minimum Gasteiger partial charge on any atom is -0.543 e. The van der Waals surface area contributed by atoms with Gasteiger partial charge in [0.05, 0.1) is 17.8 Å². The maximum atomic E-state index is 13.4. The summed E-state index contributed by atoms with van der Waals surface area (Å²) in [6.07, 6.45) is -1.51. The summed E-state index contributed by atoms with van der Waals surface area (Å²) in [6.45, 7) is 3.12. The van der Waals surface area contributed by atoms with E-state index in [2.05, 4.69) is 26.2 Å². The second-order valence-electron chi connectivity index (χ2n) is 9.39. The van der Waals surface area contributed by atoms with Gasteiger partial charge >= 0.3 is 47.4 Å². The summed E-state index contributed by atoms with van der Waals surface area (Å²) >= 11 is 2.28. The molecule has 18 nitrogen and oxygen atoms in total. The predicted molar refractivity (Wildman–Crippen MR) is 140 cm³/mol. The number of hydrogen-bond donors (Lipinski definition) is 3. The molecule has 4 heterocycles. The summed E-state index contributed by atoms with van der Waals surface area (Å²) in [5, 5.41) is 37.5. The Balaban J connectivity index is 0.00000506. The summed E-state index contributed by atoms with van der Waals surface area (Å²) in [5.74, 6) is -5.27. The van der Waals surface area contributed by atoms with Crippen molar-refractivity contribution < 1.29 is 73.3 Å². The van der Waals surface area contributed by atoms with Gasteiger partial charge in [0.25, 0.3) is 11.6 Å². The molecule has 43 heavy (non-hydrogen) atoms. The number of β-lactam (4-membered cyclic amide) rings is 1. The Bertz CT molecular complexity index is 1360. The fraction of sp³-hybridized carbons (Fsp3) is 0.591. The van der Waals surface area contributed by atoms with Gasteiger partial charge in [-0.15, -0.1) is 16.9 Å². The Hall–Kier alpha value is -2.75.